The molecule has 150 valence electrons. The van der Waals surface area contributed by atoms with Crippen molar-refractivity contribution in [3.05, 3.63) is 69.6 Å². The number of esters is 2. The van der Waals surface area contributed by atoms with Crippen molar-refractivity contribution in [3.8, 4) is 11.5 Å². The number of benzene rings is 2. The van der Waals surface area contributed by atoms with Crippen molar-refractivity contribution in [1.29, 1.82) is 0 Å². The third-order valence-electron chi connectivity index (χ3n) is 4.27. The molecule has 0 radical (unpaired) electrons. The maximum absolute atomic E-state index is 12.1. The molecule has 7 heteroatoms. The summed E-state index contributed by atoms with van der Waals surface area (Å²) in [5.74, 6) is -0.588. The third-order valence-corrected chi connectivity index (χ3v) is 4.27. The van der Waals surface area contributed by atoms with Crippen LogP contribution in [0.4, 0.5) is 0 Å². The smallest absolute Gasteiger partial charge is 0.351 e. The summed E-state index contributed by atoms with van der Waals surface area (Å²) in [6.07, 6.45) is 0. The van der Waals surface area contributed by atoms with Crippen molar-refractivity contribution in [2.75, 3.05) is 13.2 Å². The molecule has 0 fully saturated rings. The monoisotopic (exact) mass is 396 g/mol. The van der Waals surface area contributed by atoms with Crippen molar-refractivity contribution in [2.24, 2.45) is 0 Å². The highest BCUT2D eigenvalue weighted by Crippen LogP contribution is 2.21. The van der Waals surface area contributed by atoms with Crippen LogP contribution < -0.4 is 15.1 Å². The van der Waals surface area contributed by atoms with Crippen molar-refractivity contribution in [3.63, 3.8) is 0 Å². The average molecular weight is 396 g/mol. The lowest BCUT2D eigenvalue weighted by Gasteiger charge is -2.09. The number of hydrogen-bond acceptors (Lipinski definition) is 7. The van der Waals surface area contributed by atoms with Crippen LogP contribution in [0.1, 0.15) is 28.4 Å². The van der Waals surface area contributed by atoms with E-state index in [9.17, 15) is 14.4 Å². The normalized spacial score (nSPS) is 10.6. The molecule has 0 unspecified atom stereocenters. The maximum Gasteiger partial charge on any atom is 0.351 e. The predicted molar refractivity (Wildman–Crippen MR) is 105 cm³/mol. The van der Waals surface area contributed by atoms with E-state index in [0.717, 1.165) is 11.1 Å². The van der Waals surface area contributed by atoms with Crippen LogP contribution in [0.3, 0.4) is 0 Å². The van der Waals surface area contributed by atoms with E-state index in [2.05, 4.69) is 0 Å². The molecular formula is C22H20O7. The summed E-state index contributed by atoms with van der Waals surface area (Å²) in [4.78, 5) is 35.8. The van der Waals surface area contributed by atoms with Gasteiger partial charge < -0.3 is 18.6 Å². The second-order valence-corrected chi connectivity index (χ2v) is 6.38. The van der Waals surface area contributed by atoms with E-state index >= 15 is 0 Å². The van der Waals surface area contributed by atoms with E-state index in [1.54, 1.807) is 19.1 Å². The highest BCUT2D eigenvalue weighted by Gasteiger charge is 2.15. The van der Waals surface area contributed by atoms with E-state index in [1.807, 2.05) is 26.0 Å². The van der Waals surface area contributed by atoms with Crippen molar-refractivity contribution < 1.29 is 28.2 Å². The fourth-order valence-electron chi connectivity index (χ4n) is 2.61. The zero-order valence-corrected chi connectivity index (χ0v) is 16.3. The molecule has 0 N–H and O–H groups in total. The fraction of sp³-hybridized carbons (Fsp3) is 0.227. The molecule has 0 aliphatic heterocycles. The first kappa shape index (κ1) is 20.1. The fourth-order valence-corrected chi connectivity index (χ4v) is 2.61. The minimum Gasteiger partial charge on any atom is -0.482 e. The topological polar surface area (TPSA) is 92.0 Å². The summed E-state index contributed by atoms with van der Waals surface area (Å²) in [5.41, 5.74) is 1.36. The lowest BCUT2D eigenvalue weighted by Crippen LogP contribution is -2.18. The number of fused-ring (bicyclic) bond motifs is 1. The van der Waals surface area contributed by atoms with E-state index in [-0.39, 0.29) is 30.1 Å². The Labute approximate surface area is 166 Å². The molecule has 7 nitrogen and oxygen atoms in total. The van der Waals surface area contributed by atoms with Crippen molar-refractivity contribution in [1.82, 2.24) is 0 Å². The van der Waals surface area contributed by atoms with E-state index in [1.165, 1.54) is 18.2 Å². The Morgan fingerprint density at radius 2 is 1.72 bits per heavy atom. The van der Waals surface area contributed by atoms with E-state index < -0.39 is 17.6 Å². The van der Waals surface area contributed by atoms with Gasteiger partial charge in [0.2, 0.25) is 0 Å². The molecule has 0 spiro atoms. The van der Waals surface area contributed by atoms with Crippen LogP contribution in [0.25, 0.3) is 11.0 Å². The highest BCUT2D eigenvalue weighted by molar-refractivity contribution is 5.93. The quantitative estimate of drug-likeness (QED) is 0.357. The van der Waals surface area contributed by atoms with Gasteiger partial charge in [-0.3, -0.25) is 0 Å². The van der Waals surface area contributed by atoms with Gasteiger partial charge in [-0.25, -0.2) is 14.4 Å². The van der Waals surface area contributed by atoms with Gasteiger partial charge in [0.1, 0.15) is 22.6 Å². The molecule has 1 aromatic heterocycles. The summed E-state index contributed by atoms with van der Waals surface area (Å²) >= 11 is 0. The van der Waals surface area contributed by atoms with Gasteiger partial charge in [-0.05, 0) is 62.2 Å². The number of hydrogen-bond donors (Lipinski definition) is 0. The van der Waals surface area contributed by atoms with Crippen LogP contribution >= 0.6 is 0 Å². The molecule has 29 heavy (non-hydrogen) atoms. The zero-order valence-electron chi connectivity index (χ0n) is 16.3. The Morgan fingerprint density at radius 3 is 2.45 bits per heavy atom. The summed E-state index contributed by atoms with van der Waals surface area (Å²) in [5, 5.41) is 0.499. The largest absolute Gasteiger partial charge is 0.482 e. The molecule has 0 saturated carbocycles. The number of carbonyl (C=O) groups excluding carboxylic acids is 2. The molecule has 1 heterocycles. The summed E-state index contributed by atoms with van der Waals surface area (Å²) in [6, 6.07) is 11.4. The molecule has 2 aromatic carbocycles. The first-order valence-corrected chi connectivity index (χ1v) is 9.03. The molecule has 0 aliphatic carbocycles. The van der Waals surface area contributed by atoms with Crippen LogP contribution in [0.15, 0.2) is 51.7 Å². The van der Waals surface area contributed by atoms with Gasteiger partial charge in [0.15, 0.2) is 6.61 Å². The lowest BCUT2D eigenvalue weighted by atomic mass is 10.1. The van der Waals surface area contributed by atoms with Gasteiger partial charge in [0, 0.05) is 11.5 Å². The first-order valence-electron chi connectivity index (χ1n) is 9.03. The third kappa shape index (κ3) is 4.82. The van der Waals surface area contributed by atoms with Crippen LogP contribution in [0.2, 0.25) is 0 Å². The van der Waals surface area contributed by atoms with Crippen LogP contribution in [-0.4, -0.2) is 25.2 Å². The second-order valence-electron chi connectivity index (χ2n) is 6.38. The first-order chi connectivity index (χ1) is 13.9. The van der Waals surface area contributed by atoms with Gasteiger partial charge in [0.25, 0.3) is 0 Å². The van der Waals surface area contributed by atoms with E-state index in [0.29, 0.717) is 11.1 Å². The van der Waals surface area contributed by atoms with Crippen molar-refractivity contribution in [2.45, 2.75) is 20.8 Å². The number of rotatable bonds is 6. The molecule has 0 aliphatic rings. The standard InChI is InChI=1S/C22H20O7/c1-4-26-21(24)18-10-15-6-8-17(11-19(15)29-22(18)25)28-20(23)12-27-16-7-5-13(2)14(3)9-16/h5-11H,4,12H2,1-3H3. The van der Waals surface area contributed by atoms with Gasteiger partial charge in [-0.1, -0.05) is 6.07 Å². The second kappa shape index (κ2) is 8.60. The number of aryl methyl sites for hydroxylation is 2. The lowest BCUT2D eigenvalue weighted by molar-refractivity contribution is -0.136. The summed E-state index contributed by atoms with van der Waals surface area (Å²) < 4.78 is 20.7. The Hall–Kier alpha value is -3.61. The van der Waals surface area contributed by atoms with Gasteiger partial charge >= 0.3 is 17.6 Å². The molecule has 0 saturated heterocycles. The van der Waals surface area contributed by atoms with Crippen molar-refractivity contribution >= 4 is 22.9 Å². The Kier molecular flexibility index (Phi) is 5.97. The summed E-state index contributed by atoms with van der Waals surface area (Å²) in [7, 11) is 0. The molecule has 0 atom stereocenters. The Bertz CT molecular complexity index is 1130. The average Bonchev–Trinajstić information content (AvgIpc) is 2.68. The predicted octanol–water partition coefficient (Wildman–Crippen LogP) is 3.57. The van der Waals surface area contributed by atoms with Gasteiger partial charge in [0.05, 0.1) is 6.61 Å². The molecule has 0 bridgehead atoms. The van der Waals surface area contributed by atoms with Gasteiger partial charge in [-0.2, -0.15) is 0 Å². The minimum absolute atomic E-state index is 0.148. The summed E-state index contributed by atoms with van der Waals surface area (Å²) in [6.45, 7) is 5.46. The molecule has 3 aromatic rings. The SMILES string of the molecule is CCOC(=O)c1cc2ccc(OC(=O)COc3ccc(C)c(C)c3)cc2oc1=O. The van der Waals surface area contributed by atoms with Gasteiger partial charge in [-0.15, -0.1) is 0 Å². The molecular weight excluding hydrogens is 376 g/mol. The molecule has 3 rings (SSSR count). The highest BCUT2D eigenvalue weighted by atomic mass is 16.6. The number of carbonyl (C=O) groups is 2. The number of ether oxygens (including phenoxy) is 3. The molecule has 0 amide bonds. The van der Waals surface area contributed by atoms with Crippen LogP contribution in [0, 0.1) is 13.8 Å². The van der Waals surface area contributed by atoms with Crippen LogP contribution in [0.5, 0.6) is 11.5 Å². The van der Waals surface area contributed by atoms with Crippen LogP contribution in [-0.2, 0) is 9.53 Å². The maximum atomic E-state index is 12.1. The Balaban J connectivity index is 1.70. The van der Waals surface area contributed by atoms with E-state index in [4.69, 9.17) is 18.6 Å². The minimum atomic E-state index is -0.822. The zero-order chi connectivity index (χ0) is 21.0. The Morgan fingerprint density at radius 1 is 0.966 bits per heavy atom.